The van der Waals surface area contributed by atoms with Gasteiger partial charge in [0.15, 0.2) is 0 Å². The van der Waals surface area contributed by atoms with Crippen LogP contribution in [0.2, 0.25) is 0 Å². The second-order valence-corrected chi connectivity index (χ2v) is 6.96. The highest BCUT2D eigenvalue weighted by atomic mass is 32.2. The Bertz CT molecular complexity index is 562. The van der Waals surface area contributed by atoms with Gasteiger partial charge >= 0.3 is 0 Å². The van der Waals surface area contributed by atoms with E-state index in [4.69, 9.17) is 10.00 Å². The van der Waals surface area contributed by atoms with E-state index in [0.29, 0.717) is 18.6 Å². The molecule has 1 rings (SSSR count). The minimum absolute atomic E-state index is 0.151. The van der Waals surface area contributed by atoms with Gasteiger partial charge in [0.25, 0.3) is 0 Å². The molecule has 0 amide bonds. The molecular weight excluding hydrogens is 262 g/mol. The maximum absolute atomic E-state index is 11.3. The Labute approximate surface area is 114 Å². The lowest BCUT2D eigenvalue weighted by atomic mass is 10.1. The van der Waals surface area contributed by atoms with Gasteiger partial charge in [-0.1, -0.05) is 6.92 Å². The molecule has 1 aromatic rings. The number of hydrogen-bond acceptors (Lipinski definition) is 4. The Morgan fingerprint density at radius 1 is 1.26 bits per heavy atom. The maximum atomic E-state index is 11.3. The molecule has 0 aliphatic heterocycles. The van der Waals surface area contributed by atoms with E-state index in [1.165, 1.54) is 0 Å². The Balaban J connectivity index is 2.62. The molecule has 0 aromatic heterocycles. The molecule has 0 fully saturated rings. The van der Waals surface area contributed by atoms with E-state index < -0.39 is 9.84 Å². The summed E-state index contributed by atoms with van der Waals surface area (Å²) in [6.07, 6.45) is 0.481. The number of ether oxygens (including phenoxy) is 1. The van der Waals surface area contributed by atoms with Crippen LogP contribution in [0.1, 0.15) is 30.0 Å². The fourth-order valence-electron chi connectivity index (χ4n) is 1.84. The second-order valence-electron chi connectivity index (χ2n) is 4.49. The number of aryl methyl sites for hydroxylation is 2. The van der Waals surface area contributed by atoms with Crippen LogP contribution in [0.25, 0.3) is 0 Å². The van der Waals surface area contributed by atoms with Crippen molar-refractivity contribution in [2.24, 2.45) is 0 Å². The van der Waals surface area contributed by atoms with Crippen LogP contribution in [0.5, 0.6) is 5.75 Å². The van der Waals surface area contributed by atoms with Gasteiger partial charge in [-0.3, -0.25) is 0 Å². The maximum Gasteiger partial charge on any atom is 0.150 e. The summed E-state index contributed by atoms with van der Waals surface area (Å²) in [5, 5.41) is 8.85. The van der Waals surface area contributed by atoms with Crippen molar-refractivity contribution in [1.82, 2.24) is 0 Å². The number of hydrogen-bond donors (Lipinski definition) is 0. The van der Waals surface area contributed by atoms with Crippen LogP contribution in [0.15, 0.2) is 12.1 Å². The largest absolute Gasteiger partial charge is 0.493 e. The highest BCUT2D eigenvalue weighted by Crippen LogP contribution is 2.24. The first-order chi connectivity index (χ1) is 8.89. The smallest absolute Gasteiger partial charge is 0.150 e. The SMILES string of the molecule is CCS(=O)(=O)CCCOc1c(C)cc(C#N)cc1C. The summed E-state index contributed by atoms with van der Waals surface area (Å²) in [5.41, 5.74) is 2.40. The fraction of sp³-hybridized carbons (Fsp3) is 0.500. The normalized spacial score (nSPS) is 11.1. The van der Waals surface area contributed by atoms with Gasteiger partial charge in [-0.15, -0.1) is 0 Å². The Morgan fingerprint density at radius 2 is 1.84 bits per heavy atom. The number of benzene rings is 1. The van der Waals surface area contributed by atoms with Gasteiger partial charge in [0.05, 0.1) is 24.0 Å². The molecule has 0 aliphatic carbocycles. The third kappa shape index (κ3) is 4.56. The molecular formula is C14H19NO3S. The molecule has 0 N–H and O–H groups in total. The van der Waals surface area contributed by atoms with Crippen LogP contribution >= 0.6 is 0 Å². The van der Waals surface area contributed by atoms with Crippen LogP contribution in [0.4, 0.5) is 0 Å². The van der Waals surface area contributed by atoms with E-state index in [1.54, 1.807) is 19.1 Å². The first-order valence-corrected chi connectivity index (χ1v) is 8.06. The molecule has 0 saturated carbocycles. The van der Waals surface area contributed by atoms with Crippen molar-refractivity contribution in [3.8, 4) is 11.8 Å². The Morgan fingerprint density at radius 3 is 2.32 bits per heavy atom. The van der Waals surface area contributed by atoms with Crippen molar-refractivity contribution < 1.29 is 13.2 Å². The van der Waals surface area contributed by atoms with Crippen molar-refractivity contribution in [1.29, 1.82) is 5.26 Å². The molecule has 0 aliphatic rings. The molecule has 0 unspecified atom stereocenters. The van der Waals surface area contributed by atoms with Gasteiger partial charge in [-0.2, -0.15) is 5.26 Å². The molecule has 0 bridgehead atoms. The summed E-state index contributed by atoms with van der Waals surface area (Å²) in [4.78, 5) is 0. The molecule has 5 heteroatoms. The number of nitrogens with zero attached hydrogens (tertiary/aromatic N) is 1. The fourth-order valence-corrected chi connectivity index (χ4v) is 2.69. The molecule has 1 aromatic carbocycles. The van der Waals surface area contributed by atoms with E-state index in [1.807, 2.05) is 13.8 Å². The standard InChI is InChI=1S/C14H19NO3S/c1-4-19(16,17)7-5-6-18-14-11(2)8-13(10-15)9-12(14)3/h8-9H,4-7H2,1-3H3. The predicted octanol–water partition coefficient (Wildman–Crippen LogP) is 2.38. The molecule has 0 heterocycles. The lowest BCUT2D eigenvalue weighted by Gasteiger charge is -2.12. The molecule has 0 spiro atoms. The minimum atomic E-state index is -2.93. The Hall–Kier alpha value is -1.54. The van der Waals surface area contributed by atoms with Crippen LogP contribution in [-0.4, -0.2) is 26.5 Å². The van der Waals surface area contributed by atoms with E-state index in [-0.39, 0.29) is 11.5 Å². The van der Waals surface area contributed by atoms with Crippen LogP contribution in [-0.2, 0) is 9.84 Å². The summed E-state index contributed by atoms with van der Waals surface area (Å²) >= 11 is 0. The van der Waals surface area contributed by atoms with Crippen LogP contribution in [0, 0.1) is 25.2 Å². The number of rotatable bonds is 6. The monoisotopic (exact) mass is 281 g/mol. The van der Waals surface area contributed by atoms with Crippen molar-refractivity contribution >= 4 is 9.84 Å². The van der Waals surface area contributed by atoms with Crippen molar-refractivity contribution in [2.75, 3.05) is 18.1 Å². The van der Waals surface area contributed by atoms with Crippen molar-refractivity contribution in [3.05, 3.63) is 28.8 Å². The zero-order valence-electron chi connectivity index (χ0n) is 11.6. The van der Waals surface area contributed by atoms with E-state index >= 15 is 0 Å². The summed E-state index contributed by atoms with van der Waals surface area (Å²) < 4.78 is 28.3. The molecule has 104 valence electrons. The first kappa shape index (κ1) is 15.5. The van der Waals surface area contributed by atoms with Crippen LogP contribution in [0.3, 0.4) is 0 Å². The second kappa shape index (κ2) is 6.58. The topological polar surface area (TPSA) is 67.2 Å². The first-order valence-electron chi connectivity index (χ1n) is 6.24. The summed E-state index contributed by atoms with van der Waals surface area (Å²) in [6, 6.07) is 5.63. The average molecular weight is 281 g/mol. The lowest BCUT2D eigenvalue weighted by molar-refractivity contribution is 0.313. The summed E-state index contributed by atoms with van der Waals surface area (Å²) in [6.45, 7) is 5.77. The third-order valence-corrected chi connectivity index (χ3v) is 4.67. The van der Waals surface area contributed by atoms with E-state index in [9.17, 15) is 8.42 Å². The minimum Gasteiger partial charge on any atom is -0.493 e. The molecule has 4 nitrogen and oxygen atoms in total. The zero-order valence-corrected chi connectivity index (χ0v) is 12.4. The van der Waals surface area contributed by atoms with E-state index in [0.717, 1.165) is 16.9 Å². The molecule has 0 radical (unpaired) electrons. The molecule has 0 atom stereocenters. The van der Waals surface area contributed by atoms with Gasteiger partial charge in [0.1, 0.15) is 15.6 Å². The molecule has 0 saturated heterocycles. The molecule has 19 heavy (non-hydrogen) atoms. The summed E-state index contributed by atoms with van der Waals surface area (Å²) in [5.74, 6) is 1.06. The predicted molar refractivity (Wildman–Crippen MR) is 75.1 cm³/mol. The van der Waals surface area contributed by atoms with Gasteiger partial charge in [0.2, 0.25) is 0 Å². The van der Waals surface area contributed by atoms with Gasteiger partial charge < -0.3 is 4.74 Å². The van der Waals surface area contributed by atoms with Crippen molar-refractivity contribution in [2.45, 2.75) is 27.2 Å². The number of sulfone groups is 1. The average Bonchev–Trinajstić information content (AvgIpc) is 2.36. The Kier molecular flexibility index (Phi) is 5.37. The van der Waals surface area contributed by atoms with Crippen molar-refractivity contribution in [3.63, 3.8) is 0 Å². The number of nitriles is 1. The highest BCUT2D eigenvalue weighted by molar-refractivity contribution is 7.91. The summed E-state index contributed by atoms with van der Waals surface area (Å²) in [7, 11) is -2.93. The quantitative estimate of drug-likeness (QED) is 0.751. The third-order valence-electron chi connectivity index (χ3n) is 2.88. The lowest BCUT2D eigenvalue weighted by Crippen LogP contribution is -2.12. The van der Waals surface area contributed by atoms with Gasteiger partial charge in [-0.25, -0.2) is 8.42 Å². The zero-order chi connectivity index (χ0) is 14.5. The van der Waals surface area contributed by atoms with Gasteiger partial charge in [0, 0.05) is 5.75 Å². The van der Waals surface area contributed by atoms with Gasteiger partial charge in [-0.05, 0) is 43.5 Å². The van der Waals surface area contributed by atoms with Crippen LogP contribution < -0.4 is 4.74 Å². The van der Waals surface area contributed by atoms with E-state index in [2.05, 4.69) is 6.07 Å². The highest BCUT2D eigenvalue weighted by Gasteiger charge is 2.09.